The van der Waals surface area contributed by atoms with Gasteiger partial charge in [0.15, 0.2) is 0 Å². The summed E-state index contributed by atoms with van der Waals surface area (Å²) in [6.07, 6.45) is 5.65. The molecule has 4 heteroatoms. The molecular formula is C11H15BrClNS. The minimum absolute atomic E-state index is 0.854. The van der Waals surface area contributed by atoms with Gasteiger partial charge in [-0.15, -0.1) is 11.3 Å². The Morgan fingerprint density at radius 3 is 2.80 bits per heavy atom. The van der Waals surface area contributed by atoms with E-state index in [4.69, 9.17) is 11.6 Å². The molecule has 0 aliphatic heterocycles. The number of halogens is 2. The minimum Gasteiger partial charge on any atom is -0.312 e. The number of rotatable bonds is 4. The van der Waals surface area contributed by atoms with Gasteiger partial charge in [0.2, 0.25) is 0 Å². The molecule has 0 radical (unpaired) electrons. The zero-order chi connectivity index (χ0) is 10.7. The standard InChI is InChI=1S/C11H15BrClNS/c12-10-5-9(15-11(10)13)7-14-6-8-3-1-2-4-8/h5,8,14H,1-4,6-7H2. The van der Waals surface area contributed by atoms with E-state index in [1.165, 1.54) is 30.6 Å². The summed E-state index contributed by atoms with van der Waals surface area (Å²) in [5.74, 6) is 0.906. The first-order chi connectivity index (χ1) is 7.25. The first-order valence-electron chi connectivity index (χ1n) is 5.40. The quantitative estimate of drug-likeness (QED) is 0.867. The lowest BCUT2D eigenvalue weighted by Crippen LogP contribution is -2.20. The van der Waals surface area contributed by atoms with Gasteiger partial charge in [-0.3, -0.25) is 0 Å². The average molecular weight is 309 g/mol. The van der Waals surface area contributed by atoms with E-state index in [1.807, 2.05) is 0 Å². The van der Waals surface area contributed by atoms with Crippen LogP contribution in [0.2, 0.25) is 4.34 Å². The summed E-state index contributed by atoms with van der Waals surface area (Å²) in [5.41, 5.74) is 0. The number of thiophene rings is 1. The van der Waals surface area contributed by atoms with Gasteiger partial charge < -0.3 is 5.32 Å². The Morgan fingerprint density at radius 2 is 2.20 bits per heavy atom. The van der Waals surface area contributed by atoms with Crippen molar-refractivity contribution in [1.82, 2.24) is 5.32 Å². The highest BCUT2D eigenvalue weighted by Gasteiger charge is 2.14. The second-order valence-electron chi connectivity index (χ2n) is 4.12. The summed E-state index contributed by atoms with van der Waals surface area (Å²) in [4.78, 5) is 1.31. The van der Waals surface area contributed by atoms with Crippen LogP contribution < -0.4 is 5.32 Å². The van der Waals surface area contributed by atoms with E-state index in [0.717, 1.165) is 27.8 Å². The fraction of sp³-hybridized carbons (Fsp3) is 0.636. The van der Waals surface area contributed by atoms with E-state index in [1.54, 1.807) is 11.3 Å². The van der Waals surface area contributed by atoms with Crippen LogP contribution in [0.5, 0.6) is 0 Å². The summed E-state index contributed by atoms with van der Waals surface area (Å²) in [7, 11) is 0. The molecule has 1 aliphatic rings. The van der Waals surface area contributed by atoms with E-state index in [0.29, 0.717) is 0 Å². The zero-order valence-electron chi connectivity index (χ0n) is 8.56. The van der Waals surface area contributed by atoms with Gasteiger partial charge in [-0.05, 0) is 47.3 Å². The van der Waals surface area contributed by atoms with E-state index in [-0.39, 0.29) is 0 Å². The van der Waals surface area contributed by atoms with Gasteiger partial charge >= 0.3 is 0 Å². The van der Waals surface area contributed by atoms with Gasteiger partial charge in [-0.25, -0.2) is 0 Å². The molecule has 2 rings (SSSR count). The molecule has 1 N–H and O–H groups in total. The van der Waals surface area contributed by atoms with Crippen LogP contribution in [0.4, 0.5) is 0 Å². The Labute approximate surface area is 108 Å². The van der Waals surface area contributed by atoms with E-state index >= 15 is 0 Å². The summed E-state index contributed by atoms with van der Waals surface area (Å²) < 4.78 is 1.87. The third-order valence-electron chi connectivity index (χ3n) is 2.90. The molecule has 15 heavy (non-hydrogen) atoms. The normalized spacial score (nSPS) is 17.5. The van der Waals surface area contributed by atoms with E-state index in [9.17, 15) is 0 Å². The predicted octanol–water partition coefficient (Wildman–Crippen LogP) is 4.44. The van der Waals surface area contributed by atoms with Crippen LogP contribution in [-0.4, -0.2) is 6.54 Å². The van der Waals surface area contributed by atoms with Gasteiger partial charge in [-0.2, -0.15) is 0 Å². The smallest absolute Gasteiger partial charge is 0.107 e. The second kappa shape index (κ2) is 5.67. The zero-order valence-corrected chi connectivity index (χ0v) is 11.7. The van der Waals surface area contributed by atoms with Crippen molar-refractivity contribution >= 4 is 38.9 Å². The average Bonchev–Trinajstić information content (AvgIpc) is 2.79. The lowest BCUT2D eigenvalue weighted by Gasteiger charge is -2.09. The van der Waals surface area contributed by atoms with Crippen LogP contribution in [0.3, 0.4) is 0 Å². The van der Waals surface area contributed by atoms with Gasteiger partial charge in [0, 0.05) is 15.9 Å². The summed E-state index contributed by atoms with van der Waals surface area (Å²) in [6.45, 7) is 2.11. The van der Waals surface area contributed by atoms with E-state index in [2.05, 4.69) is 27.3 Å². The highest BCUT2D eigenvalue weighted by molar-refractivity contribution is 9.10. The largest absolute Gasteiger partial charge is 0.312 e. The second-order valence-corrected chi connectivity index (χ2v) is 6.71. The summed E-state index contributed by atoms with van der Waals surface area (Å²) in [5, 5.41) is 3.52. The highest BCUT2D eigenvalue weighted by Crippen LogP contribution is 2.32. The van der Waals surface area contributed by atoms with Gasteiger partial charge in [-0.1, -0.05) is 24.4 Å². The molecule has 1 fully saturated rings. The van der Waals surface area contributed by atoms with Gasteiger partial charge in [0.05, 0.1) is 0 Å². The fourth-order valence-corrected chi connectivity index (χ4v) is 3.85. The van der Waals surface area contributed by atoms with Crippen LogP contribution in [0.25, 0.3) is 0 Å². The van der Waals surface area contributed by atoms with Crippen LogP contribution in [0.15, 0.2) is 10.5 Å². The molecule has 0 atom stereocenters. The van der Waals surface area contributed by atoms with E-state index < -0.39 is 0 Å². The van der Waals surface area contributed by atoms with Crippen molar-refractivity contribution in [3.8, 4) is 0 Å². The Morgan fingerprint density at radius 1 is 1.47 bits per heavy atom. The molecule has 0 saturated heterocycles. The lowest BCUT2D eigenvalue weighted by atomic mass is 10.1. The predicted molar refractivity (Wildman–Crippen MR) is 70.7 cm³/mol. The number of hydrogen-bond acceptors (Lipinski definition) is 2. The Kier molecular flexibility index (Phi) is 4.50. The van der Waals surface area contributed by atoms with Gasteiger partial charge in [0.25, 0.3) is 0 Å². The fourth-order valence-electron chi connectivity index (χ4n) is 2.09. The van der Waals surface area contributed by atoms with Crippen LogP contribution in [-0.2, 0) is 6.54 Å². The molecule has 1 saturated carbocycles. The molecule has 1 heterocycles. The topological polar surface area (TPSA) is 12.0 Å². The maximum Gasteiger partial charge on any atom is 0.107 e. The monoisotopic (exact) mass is 307 g/mol. The maximum absolute atomic E-state index is 5.98. The molecule has 1 nitrogen and oxygen atoms in total. The highest BCUT2D eigenvalue weighted by atomic mass is 79.9. The molecule has 0 bridgehead atoms. The molecule has 0 spiro atoms. The van der Waals surface area contributed by atoms with Crippen molar-refractivity contribution in [2.75, 3.05) is 6.54 Å². The number of hydrogen-bond donors (Lipinski definition) is 1. The molecule has 0 unspecified atom stereocenters. The minimum atomic E-state index is 0.854. The van der Waals surface area contributed by atoms with Gasteiger partial charge in [0.1, 0.15) is 4.34 Å². The van der Waals surface area contributed by atoms with Crippen molar-refractivity contribution < 1.29 is 0 Å². The molecule has 1 aromatic heterocycles. The van der Waals surface area contributed by atoms with Crippen LogP contribution in [0, 0.1) is 5.92 Å². The molecule has 0 aromatic carbocycles. The van der Waals surface area contributed by atoms with Crippen LogP contribution >= 0.6 is 38.9 Å². The first kappa shape index (κ1) is 11.9. The Bertz CT molecular complexity index is 301. The molecule has 0 amide bonds. The van der Waals surface area contributed by atoms with Crippen molar-refractivity contribution in [3.05, 3.63) is 19.8 Å². The van der Waals surface area contributed by atoms with Crippen molar-refractivity contribution in [1.29, 1.82) is 0 Å². The Hall–Kier alpha value is 0.430. The van der Waals surface area contributed by atoms with Crippen molar-refractivity contribution in [2.45, 2.75) is 32.2 Å². The molecular weight excluding hydrogens is 294 g/mol. The summed E-state index contributed by atoms with van der Waals surface area (Å²) >= 11 is 11.1. The molecule has 1 aliphatic carbocycles. The summed E-state index contributed by atoms with van der Waals surface area (Å²) in [6, 6.07) is 2.11. The lowest BCUT2D eigenvalue weighted by molar-refractivity contribution is 0.491. The molecule has 84 valence electrons. The maximum atomic E-state index is 5.98. The first-order valence-corrected chi connectivity index (χ1v) is 7.39. The third kappa shape index (κ3) is 3.45. The number of nitrogens with one attached hydrogen (secondary N) is 1. The van der Waals surface area contributed by atoms with Crippen molar-refractivity contribution in [3.63, 3.8) is 0 Å². The van der Waals surface area contributed by atoms with Crippen molar-refractivity contribution in [2.24, 2.45) is 5.92 Å². The molecule has 1 aromatic rings. The third-order valence-corrected chi connectivity index (χ3v) is 5.38. The SMILES string of the molecule is Clc1sc(CNCC2CCCC2)cc1Br. The Balaban J connectivity index is 1.73. The van der Waals surface area contributed by atoms with Crippen LogP contribution in [0.1, 0.15) is 30.6 Å².